The molecule has 7 nitrogen and oxygen atoms in total. The van der Waals surface area contributed by atoms with Crippen LogP contribution >= 0.6 is 0 Å². The maximum atomic E-state index is 12.8. The zero-order chi connectivity index (χ0) is 23.3. The van der Waals surface area contributed by atoms with Crippen molar-refractivity contribution in [2.45, 2.75) is 4.90 Å². The van der Waals surface area contributed by atoms with Gasteiger partial charge in [0.1, 0.15) is 5.75 Å². The van der Waals surface area contributed by atoms with Crippen LogP contribution in [0.5, 0.6) is 5.75 Å². The minimum atomic E-state index is -3.89. The highest BCUT2D eigenvalue weighted by atomic mass is 32.2. The van der Waals surface area contributed by atoms with Crippen molar-refractivity contribution in [2.24, 2.45) is 0 Å². The first kappa shape index (κ1) is 22.0. The number of hydrogen-bond acceptors (Lipinski definition) is 5. The molecule has 0 saturated heterocycles. The van der Waals surface area contributed by atoms with Gasteiger partial charge in [0.25, 0.3) is 10.0 Å². The van der Waals surface area contributed by atoms with E-state index < -0.39 is 15.9 Å². The van der Waals surface area contributed by atoms with E-state index in [0.29, 0.717) is 17.1 Å². The van der Waals surface area contributed by atoms with E-state index >= 15 is 0 Å². The molecule has 4 aromatic rings. The van der Waals surface area contributed by atoms with Gasteiger partial charge >= 0.3 is 0 Å². The summed E-state index contributed by atoms with van der Waals surface area (Å²) in [6.45, 7) is 0. The summed E-state index contributed by atoms with van der Waals surface area (Å²) in [4.78, 5) is 16.8. The average Bonchev–Trinajstić information content (AvgIpc) is 2.83. The van der Waals surface area contributed by atoms with Crippen LogP contribution in [0, 0.1) is 0 Å². The van der Waals surface area contributed by atoms with Crippen molar-refractivity contribution >= 4 is 44.3 Å². The zero-order valence-corrected chi connectivity index (χ0v) is 18.5. The second-order valence-corrected chi connectivity index (χ2v) is 8.76. The number of rotatable bonds is 7. The number of carbonyl (C=O) groups excluding carboxylic acids is 1. The summed E-state index contributed by atoms with van der Waals surface area (Å²) in [5.74, 6) is 0.00812. The Balaban J connectivity index is 1.50. The third-order valence-electron chi connectivity index (χ3n) is 4.84. The van der Waals surface area contributed by atoms with Gasteiger partial charge in [0.2, 0.25) is 5.91 Å². The van der Waals surface area contributed by atoms with Crippen LogP contribution in [-0.2, 0) is 14.8 Å². The summed E-state index contributed by atoms with van der Waals surface area (Å²) >= 11 is 0. The first-order chi connectivity index (χ1) is 16.0. The molecule has 8 heteroatoms. The molecule has 1 amide bonds. The van der Waals surface area contributed by atoms with Crippen molar-refractivity contribution in [2.75, 3.05) is 17.1 Å². The molecule has 0 fully saturated rings. The van der Waals surface area contributed by atoms with Crippen LogP contribution in [0.15, 0.2) is 96.0 Å². The fourth-order valence-corrected chi connectivity index (χ4v) is 4.40. The lowest BCUT2D eigenvalue weighted by molar-refractivity contribution is -0.111. The van der Waals surface area contributed by atoms with Gasteiger partial charge in [-0.05, 0) is 42.5 Å². The van der Waals surface area contributed by atoms with Gasteiger partial charge in [-0.2, -0.15) is 0 Å². The average molecular weight is 460 g/mol. The lowest BCUT2D eigenvalue weighted by Gasteiger charge is -2.12. The van der Waals surface area contributed by atoms with E-state index in [1.54, 1.807) is 48.7 Å². The molecule has 0 saturated carbocycles. The van der Waals surface area contributed by atoms with Crippen molar-refractivity contribution in [1.82, 2.24) is 4.98 Å². The highest BCUT2D eigenvalue weighted by Gasteiger charge is 2.17. The Morgan fingerprint density at radius 1 is 0.970 bits per heavy atom. The first-order valence-corrected chi connectivity index (χ1v) is 11.5. The number of carbonyl (C=O) groups is 1. The van der Waals surface area contributed by atoms with E-state index in [1.165, 1.54) is 25.3 Å². The third kappa shape index (κ3) is 5.19. The Labute approximate surface area is 191 Å². The predicted molar refractivity (Wildman–Crippen MR) is 130 cm³/mol. The normalized spacial score (nSPS) is 11.4. The maximum Gasteiger partial charge on any atom is 0.262 e. The zero-order valence-electron chi connectivity index (χ0n) is 17.7. The summed E-state index contributed by atoms with van der Waals surface area (Å²) in [7, 11) is -2.43. The van der Waals surface area contributed by atoms with Crippen molar-refractivity contribution in [3.63, 3.8) is 0 Å². The number of sulfonamides is 1. The maximum absolute atomic E-state index is 12.8. The van der Waals surface area contributed by atoms with Crippen molar-refractivity contribution in [3.05, 3.63) is 96.7 Å². The molecule has 0 atom stereocenters. The van der Waals surface area contributed by atoms with Gasteiger partial charge in [-0.15, -0.1) is 0 Å². The van der Waals surface area contributed by atoms with Crippen molar-refractivity contribution < 1.29 is 17.9 Å². The predicted octanol–water partition coefficient (Wildman–Crippen LogP) is 4.70. The minimum Gasteiger partial charge on any atom is -0.495 e. The second-order valence-electron chi connectivity index (χ2n) is 7.08. The van der Waals surface area contributed by atoms with E-state index in [0.717, 1.165) is 16.5 Å². The molecule has 33 heavy (non-hydrogen) atoms. The van der Waals surface area contributed by atoms with Crippen LogP contribution in [0.3, 0.4) is 0 Å². The number of amides is 1. The summed E-state index contributed by atoms with van der Waals surface area (Å²) < 4.78 is 33.4. The van der Waals surface area contributed by atoms with E-state index in [2.05, 4.69) is 15.0 Å². The Morgan fingerprint density at radius 3 is 2.61 bits per heavy atom. The molecule has 3 aromatic carbocycles. The largest absolute Gasteiger partial charge is 0.495 e. The Morgan fingerprint density at radius 2 is 1.76 bits per heavy atom. The molecule has 0 radical (unpaired) electrons. The molecule has 0 aliphatic carbocycles. The minimum absolute atomic E-state index is 0.00781. The molecule has 0 unspecified atom stereocenters. The molecular weight excluding hydrogens is 438 g/mol. The Hall–Kier alpha value is -4.17. The quantitative estimate of drug-likeness (QED) is 0.391. The SMILES string of the molecule is COc1ccccc1NS(=O)(=O)c1cccc(NC(=O)/C=C/c2cccc3cccnc23)c1. The molecule has 0 spiro atoms. The number of para-hydroxylation sites is 3. The Bertz CT molecular complexity index is 1440. The number of anilines is 2. The van der Waals surface area contributed by atoms with Crippen LogP contribution in [0.4, 0.5) is 11.4 Å². The highest BCUT2D eigenvalue weighted by Crippen LogP contribution is 2.27. The van der Waals surface area contributed by atoms with Gasteiger partial charge in [0, 0.05) is 28.9 Å². The van der Waals surface area contributed by atoms with E-state index in [-0.39, 0.29) is 4.90 Å². The number of fused-ring (bicyclic) bond motifs is 1. The lowest BCUT2D eigenvalue weighted by Crippen LogP contribution is -2.14. The molecule has 0 aliphatic rings. The molecule has 1 heterocycles. The number of hydrogen-bond donors (Lipinski definition) is 2. The smallest absolute Gasteiger partial charge is 0.262 e. The van der Waals surface area contributed by atoms with Crippen molar-refractivity contribution in [3.8, 4) is 5.75 Å². The number of nitrogens with zero attached hydrogens (tertiary/aromatic N) is 1. The third-order valence-corrected chi connectivity index (χ3v) is 6.20. The fraction of sp³-hybridized carbons (Fsp3) is 0.0400. The molecule has 0 aliphatic heterocycles. The Kier molecular flexibility index (Phi) is 6.37. The monoisotopic (exact) mass is 459 g/mol. The van der Waals surface area contributed by atoms with Gasteiger partial charge < -0.3 is 10.1 Å². The van der Waals surface area contributed by atoms with Crippen LogP contribution in [0.25, 0.3) is 17.0 Å². The van der Waals surface area contributed by atoms with Gasteiger partial charge in [0.15, 0.2) is 0 Å². The van der Waals surface area contributed by atoms with Gasteiger partial charge in [-0.25, -0.2) is 8.42 Å². The number of pyridine rings is 1. The van der Waals surface area contributed by atoms with E-state index in [4.69, 9.17) is 4.74 Å². The number of benzene rings is 3. The standard InChI is InChI=1S/C25H21N3O4S/c1-32-23-13-3-2-12-22(23)28-33(30,31)21-11-5-10-20(17-21)27-24(29)15-14-19-8-4-7-18-9-6-16-26-25(18)19/h2-17,28H,1H3,(H,27,29)/b15-14+. The molecule has 1 aromatic heterocycles. The summed E-state index contributed by atoms with van der Waals surface area (Å²) in [5, 5.41) is 3.67. The number of nitrogens with one attached hydrogen (secondary N) is 2. The van der Waals surface area contributed by atoms with Gasteiger partial charge in [0.05, 0.1) is 23.2 Å². The first-order valence-electron chi connectivity index (χ1n) is 10.0. The van der Waals surface area contributed by atoms with Gasteiger partial charge in [-0.1, -0.05) is 42.5 Å². The summed E-state index contributed by atoms with van der Waals surface area (Å²) in [6, 6.07) is 22.2. The number of methoxy groups -OCH3 is 1. The topological polar surface area (TPSA) is 97.4 Å². The van der Waals surface area contributed by atoms with E-state index in [1.807, 2.05) is 30.3 Å². The second kappa shape index (κ2) is 9.54. The number of ether oxygens (including phenoxy) is 1. The molecule has 2 N–H and O–H groups in total. The van der Waals surface area contributed by atoms with Crippen LogP contribution in [-0.4, -0.2) is 26.4 Å². The lowest BCUT2D eigenvalue weighted by atomic mass is 10.1. The summed E-state index contributed by atoms with van der Waals surface area (Å²) in [6.07, 6.45) is 4.76. The molecule has 4 rings (SSSR count). The fourth-order valence-electron chi connectivity index (χ4n) is 3.29. The van der Waals surface area contributed by atoms with Crippen LogP contribution in [0.1, 0.15) is 5.56 Å². The highest BCUT2D eigenvalue weighted by molar-refractivity contribution is 7.92. The van der Waals surface area contributed by atoms with Crippen molar-refractivity contribution in [1.29, 1.82) is 0 Å². The van der Waals surface area contributed by atoms with Crippen LogP contribution < -0.4 is 14.8 Å². The van der Waals surface area contributed by atoms with Crippen LogP contribution in [0.2, 0.25) is 0 Å². The number of aromatic nitrogens is 1. The summed E-state index contributed by atoms with van der Waals surface area (Å²) in [5.41, 5.74) is 2.27. The van der Waals surface area contributed by atoms with Gasteiger partial charge in [-0.3, -0.25) is 14.5 Å². The molecular formula is C25H21N3O4S. The molecule has 166 valence electrons. The molecule has 0 bridgehead atoms. The van der Waals surface area contributed by atoms with E-state index in [9.17, 15) is 13.2 Å².